The molecule has 290 valence electrons. The minimum atomic E-state index is -0.118. The van der Waals surface area contributed by atoms with Crippen LogP contribution < -0.4 is 9.80 Å². The smallest absolute Gasteiger partial charge is 0.113 e. The predicted octanol–water partition coefficient (Wildman–Crippen LogP) is 12.4. The first kappa shape index (κ1) is 35.6. The second-order valence-corrected chi connectivity index (χ2v) is 16.7. The van der Waals surface area contributed by atoms with E-state index < -0.39 is 0 Å². The molecule has 0 unspecified atom stereocenters. The molecule has 0 N–H and O–H groups in total. The van der Waals surface area contributed by atoms with Crippen LogP contribution in [-0.2, 0) is 10.8 Å². The van der Waals surface area contributed by atoms with Gasteiger partial charge in [-0.1, -0.05) is 147 Å². The number of nitrogens with zero attached hydrogens (tertiary/aromatic N) is 8. The van der Waals surface area contributed by atoms with E-state index in [9.17, 15) is 0 Å². The van der Waals surface area contributed by atoms with Crippen LogP contribution in [0.25, 0.3) is 33.9 Å². The molecule has 2 aliphatic heterocycles. The van der Waals surface area contributed by atoms with E-state index in [0.717, 1.165) is 45.3 Å². The molecule has 11 rings (SSSR count). The second-order valence-electron chi connectivity index (χ2n) is 16.7. The highest BCUT2D eigenvalue weighted by molar-refractivity contribution is 5.87. The normalized spacial score (nSPS) is 14.5. The highest BCUT2D eigenvalue weighted by Gasteiger charge is 2.38. The van der Waals surface area contributed by atoms with Gasteiger partial charge in [0, 0.05) is 33.3 Å². The first-order chi connectivity index (χ1) is 29.3. The Morgan fingerprint density at radius 2 is 0.667 bits per heavy atom. The molecule has 0 radical (unpaired) electrons. The van der Waals surface area contributed by atoms with Crippen LogP contribution in [0.4, 0.5) is 34.1 Å². The Bertz CT molecular complexity index is 2770. The van der Waals surface area contributed by atoms with E-state index in [0.29, 0.717) is 0 Å². The topological polar surface area (TPSA) is 67.9 Å². The largest absolute Gasteiger partial charge is 0.310 e. The number of fused-ring (bicyclic) bond motifs is 4. The summed E-state index contributed by atoms with van der Waals surface area (Å²) in [7, 11) is 0. The molecule has 0 saturated heterocycles. The van der Waals surface area contributed by atoms with Crippen LogP contribution >= 0.6 is 0 Å². The quantitative estimate of drug-likeness (QED) is 0.167. The van der Waals surface area contributed by atoms with E-state index in [-0.39, 0.29) is 10.8 Å². The standard InChI is InChI=1S/C52H42N8/c1-51(2)41-19-5-9-23-47(41)59(48-24-10-6-20-42(48)51)39-17-13-15-37(31-39)57-33-45(53-55-57)35-27-29-36(30-28-35)46-34-58(56-54-46)38-16-14-18-40(32-38)60-49-25-11-7-21-43(49)52(3,4)44-22-8-12-26-50(44)60/h5-34H,1-4H3. The number of hydrogen-bond donors (Lipinski definition) is 0. The van der Waals surface area contributed by atoms with E-state index in [4.69, 9.17) is 0 Å². The molecule has 2 aromatic heterocycles. The van der Waals surface area contributed by atoms with E-state index in [1.54, 1.807) is 0 Å². The molecule has 2 aliphatic rings. The molecule has 8 heteroatoms. The highest BCUT2D eigenvalue weighted by Crippen LogP contribution is 2.53. The Kier molecular flexibility index (Phi) is 8.00. The Morgan fingerprint density at radius 3 is 1.02 bits per heavy atom. The molecule has 7 aromatic carbocycles. The number of benzene rings is 7. The van der Waals surface area contributed by atoms with Crippen LogP contribution in [0, 0.1) is 0 Å². The average molecular weight is 779 g/mol. The zero-order valence-corrected chi connectivity index (χ0v) is 33.9. The average Bonchev–Trinajstić information content (AvgIpc) is 3.99. The van der Waals surface area contributed by atoms with Crippen molar-refractivity contribution in [2.45, 2.75) is 38.5 Å². The van der Waals surface area contributed by atoms with Crippen molar-refractivity contribution >= 4 is 34.1 Å². The Labute approximate surface area is 349 Å². The summed E-state index contributed by atoms with van der Waals surface area (Å²) in [6, 6.07) is 60.1. The maximum Gasteiger partial charge on any atom is 0.113 e. The summed E-state index contributed by atoms with van der Waals surface area (Å²) in [6.07, 6.45) is 3.97. The van der Waals surface area contributed by atoms with Crippen LogP contribution in [0.2, 0.25) is 0 Å². The van der Waals surface area contributed by atoms with Gasteiger partial charge in [-0.2, -0.15) is 0 Å². The van der Waals surface area contributed by atoms with Crippen molar-refractivity contribution < 1.29 is 0 Å². The summed E-state index contributed by atoms with van der Waals surface area (Å²) < 4.78 is 3.69. The van der Waals surface area contributed by atoms with Crippen LogP contribution in [-0.4, -0.2) is 30.0 Å². The van der Waals surface area contributed by atoms with Gasteiger partial charge in [-0.05, 0) is 82.9 Å². The number of aromatic nitrogens is 6. The summed E-state index contributed by atoms with van der Waals surface area (Å²) in [5.41, 5.74) is 17.2. The molecule has 0 saturated carbocycles. The molecule has 4 heterocycles. The Balaban J connectivity index is 0.854. The van der Waals surface area contributed by atoms with E-state index in [1.807, 2.05) is 21.8 Å². The molecule has 60 heavy (non-hydrogen) atoms. The fourth-order valence-corrected chi connectivity index (χ4v) is 9.30. The molecule has 9 aromatic rings. The molecular weight excluding hydrogens is 737 g/mol. The third-order valence-corrected chi connectivity index (χ3v) is 12.4. The number of hydrogen-bond acceptors (Lipinski definition) is 6. The fraction of sp³-hybridized carbons (Fsp3) is 0.115. The van der Waals surface area contributed by atoms with Crippen molar-refractivity contribution in [2.24, 2.45) is 0 Å². The third-order valence-electron chi connectivity index (χ3n) is 12.4. The van der Waals surface area contributed by atoms with Crippen molar-refractivity contribution in [3.05, 3.63) is 205 Å². The first-order valence-electron chi connectivity index (χ1n) is 20.4. The lowest BCUT2D eigenvalue weighted by Gasteiger charge is -2.42. The minimum absolute atomic E-state index is 0.118. The number of anilines is 6. The van der Waals surface area contributed by atoms with Gasteiger partial charge in [-0.15, -0.1) is 10.2 Å². The summed E-state index contributed by atoms with van der Waals surface area (Å²) >= 11 is 0. The lowest BCUT2D eigenvalue weighted by Crippen LogP contribution is -2.30. The maximum atomic E-state index is 4.59. The molecule has 0 aliphatic carbocycles. The van der Waals surface area contributed by atoms with Crippen molar-refractivity contribution in [2.75, 3.05) is 9.80 Å². The van der Waals surface area contributed by atoms with Crippen LogP contribution in [0.1, 0.15) is 49.9 Å². The SMILES string of the molecule is CC1(C)c2ccccc2N(c2cccc(-n3cc(-c4ccc(-c5cn(-c6cccc(N7c8ccccc8C(C)(C)c8ccccc87)c6)nn5)cc4)nn3)c2)c2ccccc21. The minimum Gasteiger partial charge on any atom is -0.310 e. The van der Waals surface area contributed by atoms with Gasteiger partial charge < -0.3 is 9.80 Å². The molecule has 0 spiro atoms. The second kappa shape index (κ2) is 13.5. The van der Waals surface area contributed by atoms with Gasteiger partial charge in [0.15, 0.2) is 0 Å². The lowest BCUT2D eigenvalue weighted by molar-refractivity contribution is 0.631. The van der Waals surface area contributed by atoms with Gasteiger partial charge in [-0.25, -0.2) is 9.36 Å². The van der Waals surface area contributed by atoms with Crippen LogP contribution in [0.3, 0.4) is 0 Å². The van der Waals surface area contributed by atoms with Crippen LogP contribution in [0.5, 0.6) is 0 Å². The van der Waals surface area contributed by atoms with E-state index in [1.165, 1.54) is 45.0 Å². The maximum absolute atomic E-state index is 4.59. The van der Waals surface area contributed by atoms with Gasteiger partial charge >= 0.3 is 0 Å². The van der Waals surface area contributed by atoms with Gasteiger partial charge in [0.25, 0.3) is 0 Å². The first-order valence-corrected chi connectivity index (χ1v) is 20.4. The summed E-state index contributed by atoms with van der Waals surface area (Å²) in [6.45, 7) is 9.22. The molecule has 0 atom stereocenters. The van der Waals surface area contributed by atoms with Gasteiger partial charge in [0.2, 0.25) is 0 Å². The van der Waals surface area contributed by atoms with Gasteiger partial charge in [0.1, 0.15) is 11.4 Å². The summed E-state index contributed by atoms with van der Waals surface area (Å²) in [5, 5.41) is 18.3. The lowest BCUT2D eigenvalue weighted by atomic mass is 9.73. The summed E-state index contributed by atoms with van der Waals surface area (Å²) in [5.74, 6) is 0. The molecule has 0 amide bonds. The zero-order chi connectivity index (χ0) is 40.6. The zero-order valence-electron chi connectivity index (χ0n) is 33.9. The number of para-hydroxylation sites is 4. The Morgan fingerprint density at radius 1 is 0.350 bits per heavy atom. The predicted molar refractivity (Wildman–Crippen MR) is 241 cm³/mol. The molecular formula is C52H42N8. The Hall–Kier alpha value is -7.58. The van der Waals surface area contributed by atoms with Gasteiger partial charge in [-0.3, -0.25) is 0 Å². The van der Waals surface area contributed by atoms with Crippen molar-refractivity contribution in [1.29, 1.82) is 0 Å². The van der Waals surface area contributed by atoms with Crippen molar-refractivity contribution in [3.8, 4) is 33.9 Å². The molecule has 0 fully saturated rings. The van der Waals surface area contributed by atoms with Crippen LogP contribution in [0.15, 0.2) is 182 Å². The number of rotatable bonds is 6. The fourth-order valence-electron chi connectivity index (χ4n) is 9.30. The third kappa shape index (κ3) is 5.59. The van der Waals surface area contributed by atoms with Crippen molar-refractivity contribution in [1.82, 2.24) is 30.0 Å². The van der Waals surface area contributed by atoms with E-state index in [2.05, 4.69) is 228 Å². The van der Waals surface area contributed by atoms with E-state index >= 15 is 0 Å². The molecule has 0 bridgehead atoms. The highest BCUT2D eigenvalue weighted by atomic mass is 15.4. The van der Waals surface area contributed by atoms with Gasteiger partial charge in [0.05, 0.1) is 46.5 Å². The molecule has 8 nitrogen and oxygen atoms in total. The monoisotopic (exact) mass is 778 g/mol. The van der Waals surface area contributed by atoms with Crippen molar-refractivity contribution in [3.63, 3.8) is 0 Å². The summed E-state index contributed by atoms with van der Waals surface area (Å²) in [4.78, 5) is 4.72.